The first kappa shape index (κ1) is 37.1. The third-order valence-electron chi connectivity index (χ3n) is 13.7. The molecule has 2 aliphatic rings. The highest BCUT2D eigenvalue weighted by atomic mass is 16.5. The Morgan fingerprint density at radius 2 is 0.815 bits per heavy atom. The lowest BCUT2D eigenvalue weighted by Crippen LogP contribution is -2.32. The largest absolute Gasteiger partial charge is 0.455 e. The van der Waals surface area contributed by atoms with Gasteiger partial charge in [0.15, 0.2) is 0 Å². The van der Waals surface area contributed by atoms with Crippen LogP contribution in [0.2, 0.25) is 0 Å². The highest BCUT2D eigenvalue weighted by molar-refractivity contribution is 6.03. The van der Waals surface area contributed by atoms with Gasteiger partial charge in [0.25, 0.3) is 0 Å². The summed E-state index contributed by atoms with van der Waals surface area (Å²) in [7, 11) is 0. The molecule has 0 unspecified atom stereocenters. The number of nitrogens with zero attached hydrogens (tertiary/aromatic N) is 1. The van der Waals surface area contributed by atoms with Crippen molar-refractivity contribution in [1.82, 2.24) is 0 Å². The Labute approximate surface area is 378 Å². The fourth-order valence-corrected chi connectivity index (χ4v) is 10.9. The van der Waals surface area contributed by atoms with Crippen LogP contribution >= 0.6 is 0 Å². The molecule has 13 rings (SSSR count). The van der Waals surface area contributed by atoms with E-state index in [2.05, 4.69) is 254 Å². The van der Waals surface area contributed by atoms with Crippen molar-refractivity contribution in [3.05, 3.63) is 271 Å². The van der Waals surface area contributed by atoms with Crippen LogP contribution in [0.15, 0.2) is 249 Å². The van der Waals surface area contributed by atoms with Gasteiger partial charge in [-0.1, -0.05) is 218 Å². The normalized spacial score (nSPS) is 12.9. The van der Waals surface area contributed by atoms with E-state index in [9.17, 15) is 0 Å². The summed E-state index contributed by atoms with van der Waals surface area (Å²) in [6.45, 7) is 0. The van der Waals surface area contributed by atoms with Crippen LogP contribution in [0, 0.1) is 0 Å². The average molecular weight is 828 g/mol. The van der Waals surface area contributed by atoms with Crippen molar-refractivity contribution in [2.45, 2.75) is 5.41 Å². The molecular weight excluding hydrogens is 787 g/mol. The van der Waals surface area contributed by atoms with Gasteiger partial charge in [0, 0.05) is 38.8 Å². The van der Waals surface area contributed by atoms with E-state index in [-0.39, 0.29) is 0 Å². The lowest BCUT2D eigenvalue weighted by molar-refractivity contribution is 0.447. The molecule has 11 aromatic rings. The quantitative estimate of drug-likeness (QED) is 0.166. The second kappa shape index (κ2) is 14.8. The Morgan fingerprint density at radius 1 is 0.308 bits per heavy atom. The standard InChI is InChI=1S/C63H41NO/c1-4-17-42(18-5-1)43-31-35-48(36-32-43)64(49-37-38-50(44-19-6-2-7-20-44)54(41-49)45-21-8-3-9-22-45)59-30-16-29-56-60(59)53-27-14-15-28-55(53)63(56)57-39-33-46-23-10-12-25-51(46)61(57)65-62-52-26-13-11-24-47(52)34-40-58(62)63/h1-41H. The van der Waals surface area contributed by atoms with Gasteiger partial charge in [-0.15, -0.1) is 0 Å². The summed E-state index contributed by atoms with van der Waals surface area (Å²) < 4.78 is 7.28. The number of benzene rings is 11. The summed E-state index contributed by atoms with van der Waals surface area (Å²) in [5.74, 6) is 1.83. The molecule has 0 saturated heterocycles. The zero-order valence-corrected chi connectivity index (χ0v) is 35.5. The van der Waals surface area contributed by atoms with Crippen molar-refractivity contribution in [1.29, 1.82) is 0 Å². The summed E-state index contributed by atoms with van der Waals surface area (Å²) in [6, 6.07) is 90.7. The molecule has 1 aliphatic heterocycles. The monoisotopic (exact) mass is 827 g/mol. The molecule has 2 heteroatoms. The maximum Gasteiger partial charge on any atom is 0.140 e. The highest BCUT2D eigenvalue weighted by Crippen LogP contribution is 2.65. The van der Waals surface area contributed by atoms with E-state index in [1.807, 2.05) is 0 Å². The van der Waals surface area contributed by atoms with E-state index in [1.54, 1.807) is 0 Å². The Hall–Kier alpha value is -8.46. The molecule has 0 bridgehead atoms. The number of ether oxygens (including phenoxy) is 1. The molecule has 1 spiro atoms. The predicted molar refractivity (Wildman–Crippen MR) is 270 cm³/mol. The van der Waals surface area contributed by atoms with Gasteiger partial charge in [-0.2, -0.15) is 0 Å². The van der Waals surface area contributed by atoms with E-state index in [0.717, 1.165) is 61.2 Å². The van der Waals surface area contributed by atoms with Crippen LogP contribution < -0.4 is 9.64 Å². The minimum Gasteiger partial charge on any atom is -0.455 e. The third kappa shape index (κ3) is 5.67. The zero-order chi connectivity index (χ0) is 42.9. The smallest absolute Gasteiger partial charge is 0.140 e. The Balaban J connectivity index is 1.11. The van der Waals surface area contributed by atoms with E-state index >= 15 is 0 Å². The molecular formula is C63H41NO. The predicted octanol–water partition coefficient (Wildman–Crippen LogP) is 16.9. The van der Waals surface area contributed by atoms with Crippen LogP contribution in [-0.2, 0) is 5.41 Å². The van der Waals surface area contributed by atoms with Gasteiger partial charge in [-0.05, 0) is 91.2 Å². The third-order valence-corrected chi connectivity index (χ3v) is 13.7. The molecule has 0 aromatic heterocycles. The lowest BCUT2D eigenvalue weighted by Gasteiger charge is -2.40. The van der Waals surface area contributed by atoms with Crippen LogP contribution in [0.5, 0.6) is 11.5 Å². The summed E-state index contributed by atoms with van der Waals surface area (Å²) >= 11 is 0. The number of fused-ring (bicyclic) bond motifs is 13. The van der Waals surface area contributed by atoms with Gasteiger partial charge in [-0.25, -0.2) is 0 Å². The molecule has 0 N–H and O–H groups in total. The summed E-state index contributed by atoms with van der Waals surface area (Å²) in [6.07, 6.45) is 0. The number of rotatable bonds is 6. The van der Waals surface area contributed by atoms with Crippen LogP contribution in [-0.4, -0.2) is 0 Å². The molecule has 0 saturated carbocycles. The SMILES string of the molecule is c1ccc(-c2ccc(N(c3ccc(-c4ccccc4)c(-c4ccccc4)c3)c3cccc4c3-c3ccccc3C43c4ccc5ccccc5c4Oc4c3ccc3ccccc43)cc2)cc1. The first-order chi connectivity index (χ1) is 32.3. The Bertz CT molecular complexity index is 3530. The van der Waals surface area contributed by atoms with Gasteiger partial charge in [0.05, 0.1) is 11.1 Å². The number of anilines is 3. The minimum atomic E-state index is -0.673. The van der Waals surface area contributed by atoms with Crippen LogP contribution in [0.4, 0.5) is 17.1 Å². The Morgan fingerprint density at radius 3 is 1.46 bits per heavy atom. The molecule has 0 atom stereocenters. The number of hydrogen-bond acceptors (Lipinski definition) is 2. The van der Waals surface area contributed by atoms with Crippen molar-refractivity contribution in [2.24, 2.45) is 0 Å². The Kier molecular flexibility index (Phi) is 8.47. The molecule has 2 nitrogen and oxygen atoms in total. The zero-order valence-electron chi connectivity index (χ0n) is 35.5. The molecule has 1 heterocycles. The van der Waals surface area contributed by atoms with Crippen molar-refractivity contribution in [3.63, 3.8) is 0 Å². The van der Waals surface area contributed by atoms with Crippen molar-refractivity contribution >= 4 is 38.6 Å². The van der Waals surface area contributed by atoms with Gasteiger partial charge < -0.3 is 9.64 Å². The van der Waals surface area contributed by atoms with E-state index < -0.39 is 5.41 Å². The van der Waals surface area contributed by atoms with Crippen molar-refractivity contribution in [3.8, 4) is 56.0 Å². The van der Waals surface area contributed by atoms with Crippen LogP contribution in [0.3, 0.4) is 0 Å². The number of hydrogen-bond donors (Lipinski definition) is 0. The van der Waals surface area contributed by atoms with Gasteiger partial charge >= 0.3 is 0 Å². The van der Waals surface area contributed by atoms with Crippen molar-refractivity contribution in [2.75, 3.05) is 4.90 Å². The first-order valence-corrected chi connectivity index (χ1v) is 22.4. The first-order valence-electron chi connectivity index (χ1n) is 22.4. The summed E-state index contributed by atoms with van der Waals surface area (Å²) in [5, 5.41) is 4.53. The molecule has 65 heavy (non-hydrogen) atoms. The van der Waals surface area contributed by atoms with Crippen molar-refractivity contribution < 1.29 is 4.74 Å². The second-order valence-electron chi connectivity index (χ2n) is 17.1. The fourth-order valence-electron chi connectivity index (χ4n) is 10.9. The fraction of sp³-hybridized carbons (Fsp3) is 0.0159. The topological polar surface area (TPSA) is 12.5 Å². The lowest BCUT2D eigenvalue weighted by atomic mass is 9.65. The molecule has 0 fully saturated rings. The van der Waals surface area contributed by atoms with Crippen LogP contribution in [0.1, 0.15) is 22.3 Å². The molecule has 0 amide bonds. The minimum absolute atomic E-state index is 0.673. The highest BCUT2D eigenvalue weighted by Gasteiger charge is 2.52. The maximum atomic E-state index is 7.28. The van der Waals surface area contributed by atoms with E-state index in [1.165, 1.54) is 55.6 Å². The van der Waals surface area contributed by atoms with Crippen LogP contribution in [0.25, 0.3) is 66.1 Å². The summed E-state index contributed by atoms with van der Waals surface area (Å²) in [5.41, 5.74) is 16.9. The molecule has 11 aromatic carbocycles. The van der Waals surface area contributed by atoms with Gasteiger partial charge in [0.2, 0.25) is 0 Å². The summed E-state index contributed by atoms with van der Waals surface area (Å²) in [4.78, 5) is 2.48. The van der Waals surface area contributed by atoms with E-state index in [4.69, 9.17) is 4.74 Å². The average Bonchev–Trinajstić information content (AvgIpc) is 3.68. The van der Waals surface area contributed by atoms with Gasteiger partial charge in [-0.3, -0.25) is 0 Å². The van der Waals surface area contributed by atoms with E-state index in [0.29, 0.717) is 0 Å². The molecule has 304 valence electrons. The maximum absolute atomic E-state index is 7.28. The van der Waals surface area contributed by atoms with Gasteiger partial charge in [0.1, 0.15) is 11.5 Å². The molecule has 1 aliphatic carbocycles. The molecule has 0 radical (unpaired) electrons. The second-order valence-corrected chi connectivity index (χ2v) is 17.1.